The molecule has 2 heterocycles. The van der Waals surface area contributed by atoms with Crippen molar-refractivity contribution in [3.05, 3.63) is 50.5 Å². The minimum atomic E-state index is -0.495. The van der Waals surface area contributed by atoms with Gasteiger partial charge in [0.1, 0.15) is 5.82 Å². The van der Waals surface area contributed by atoms with Crippen LogP contribution in [0.1, 0.15) is 43.2 Å². The Labute approximate surface area is 136 Å². The number of rotatable bonds is 2. The Balaban J connectivity index is 2.27. The van der Waals surface area contributed by atoms with Crippen molar-refractivity contribution in [1.29, 1.82) is 0 Å². The van der Waals surface area contributed by atoms with Crippen molar-refractivity contribution in [2.45, 2.75) is 32.1 Å². The molecule has 4 nitrogen and oxygen atoms in total. The fourth-order valence-electron chi connectivity index (χ4n) is 2.55. The highest BCUT2D eigenvalue weighted by atomic mass is 35.5. The molecule has 1 aromatic carbocycles. The van der Waals surface area contributed by atoms with Gasteiger partial charge in [0.15, 0.2) is 5.82 Å². The van der Waals surface area contributed by atoms with Crippen LogP contribution in [0.15, 0.2) is 28.0 Å². The molecule has 1 aliphatic rings. The topological polar surface area (TPSA) is 50.1 Å². The van der Waals surface area contributed by atoms with Crippen LogP contribution >= 0.6 is 23.4 Å². The van der Waals surface area contributed by atoms with E-state index in [1.165, 1.54) is 17.8 Å². The van der Waals surface area contributed by atoms with Crippen LogP contribution in [0.4, 0.5) is 10.2 Å². The van der Waals surface area contributed by atoms with Gasteiger partial charge in [0.2, 0.25) is 0 Å². The fourth-order valence-corrected chi connectivity index (χ4v) is 4.05. The SMILES string of the molecule is CC1=Nc2c(c(=O)[nH]n2C(C)C)[C@H](c2c(F)cccc2Cl)S1. The quantitative estimate of drug-likeness (QED) is 0.879. The van der Waals surface area contributed by atoms with E-state index in [0.717, 1.165) is 5.04 Å². The third-order valence-corrected chi connectivity index (χ3v) is 5.00. The summed E-state index contributed by atoms with van der Waals surface area (Å²) in [5, 5.41) is 3.38. The summed E-state index contributed by atoms with van der Waals surface area (Å²) in [7, 11) is 0. The standard InChI is InChI=1S/C15H15ClFN3OS/c1-7(2)20-14-12(15(21)19-20)13(22-8(3)18-14)11-9(16)5-4-6-10(11)17/h4-7,13H,1-3H3,(H,19,21)/t13-/m0/s1. The maximum atomic E-state index is 14.3. The van der Waals surface area contributed by atoms with Gasteiger partial charge in [-0.2, -0.15) is 0 Å². The van der Waals surface area contributed by atoms with Crippen LogP contribution in [0.3, 0.4) is 0 Å². The van der Waals surface area contributed by atoms with Crippen LogP contribution in [-0.4, -0.2) is 14.8 Å². The Morgan fingerprint density at radius 1 is 1.41 bits per heavy atom. The van der Waals surface area contributed by atoms with Crippen LogP contribution in [0.5, 0.6) is 0 Å². The lowest BCUT2D eigenvalue weighted by Gasteiger charge is -2.22. The second-order valence-corrected chi connectivity index (χ2v) is 7.11. The number of nitrogens with one attached hydrogen (secondary N) is 1. The summed E-state index contributed by atoms with van der Waals surface area (Å²) in [5.41, 5.74) is 0.532. The number of aromatic amines is 1. The lowest BCUT2D eigenvalue weighted by atomic mass is 10.1. The molecule has 0 aliphatic carbocycles. The van der Waals surface area contributed by atoms with Gasteiger partial charge in [-0.3, -0.25) is 14.6 Å². The molecule has 0 bridgehead atoms. The number of H-pyrrole nitrogens is 1. The Bertz CT molecular complexity index is 804. The molecule has 0 saturated carbocycles. The minimum absolute atomic E-state index is 0.0489. The van der Waals surface area contributed by atoms with Crippen LogP contribution in [0.25, 0.3) is 0 Å². The van der Waals surface area contributed by atoms with Crippen LogP contribution in [-0.2, 0) is 0 Å². The van der Waals surface area contributed by atoms with E-state index in [1.54, 1.807) is 16.8 Å². The molecule has 1 aromatic heterocycles. The maximum absolute atomic E-state index is 14.3. The van der Waals surface area contributed by atoms with Crippen molar-refractivity contribution in [3.63, 3.8) is 0 Å². The van der Waals surface area contributed by atoms with Gasteiger partial charge in [0.25, 0.3) is 5.56 Å². The molecule has 1 aliphatic heterocycles. The van der Waals surface area contributed by atoms with Crippen molar-refractivity contribution < 1.29 is 4.39 Å². The molecule has 7 heteroatoms. The maximum Gasteiger partial charge on any atom is 0.271 e. The number of aliphatic imine (C=N–C) groups is 1. The monoisotopic (exact) mass is 339 g/mol. The summed E-state index contributed by atoms with van der Waals surface area (Å²) in [6, 6.07) is 4.60. The first-order chi connectivity index (χ1) is 10.4. The van der Waals surface area contributed by atoms with Gasteiger partial charge in [-0.15, -0.1) is 0 Å². The number of hydrogen-bond donors (Lipinski definition) is 1. The Morgan fingerprint density at radius 3 is 2.77 bits per heavy atom. The van der Waals surface area contributed by atoms with E-state index >= 15 is 0 Å². The molecule has 1 N–H and O–H groups in total. The van der Waals surface area contributed by atoms with Gasteiger partial charge < -0.3 is 0 Å². The van der Waals surface area contributed by atoms with Gasteiger partial charge in [0.05, 0.1) is 15.9 Å². The first kappa shape index (κ1) is 15.4. The number of aromatic nitrogens is 2. The zero-order chi connectivity index (χ0) is 16.0. The van der Waals surface area contributed by atoms with Gasteiger partial charge in [-0.25, -0.2) is 9.38 Å². The zero-order valence-electron chi connectivity index (χ0n) is 12.4. The van der Waals surface area contributed by atoms with E-state index in [9.17, 15) is 9.18 Å². The molecule has 116 valence electrons. The summed E-state index contributed by atoms with van der Waals surface area (Å²) >= 11 is 7.53. The van der Waals surface area contributed by atoms with Gasteiger partial charge in [0, 0.05) is 16.6 Å². The minimum Gasteiger partial charge on any atom is -0.268 e. The van der Waals surface area contributed by atoms with E-state index in [1.807, 2.05) is 20.8 Å². The number of nitrogens with zero attached hydrogens (tertiary/aromatic N) is 2. The fraction of sp³-hybridized carbons (Fsp3) is 0.333. The van der Waals surface area contributed by atoms with E-state index in [4.69, 9.17) is 11.6 Å². The number of hydrogen-bond acceptors (Lipinski definition) is 3. The second-order valence-electron chi connectivity index (χ2n) is 5.41. The second kappa shape index (κ2) is 5.59. The van der Waals surface area contributed by atoms with Crippen molar-refractivity contribution in [3.8, 4) is 0 Å². The third kappa shape index (κ3) is 2.40. The number of thioether (sulfide) groups is 1. The van der Waals surface area contributed by atoms with E-state index in [-0.39, 0.29) is 11.6 Å². The molecule has 3 rings (SSSR count). The first-order valence-electron chi connectivity index (χ1n) is 6.90. The van der Waals surface area contributed by atoms with Crippen molar-refractivity contribution >= 4 is 34.2 Å². The van der Waals surface area contributed by atoms with Gasteiger partial charge >= 0.3 is 0 Å². The summed E-state index contributed by atoms with van der Waals surface area (Å²) in [6.07, 6.45) is 0. The largest absolute Gasteiger partial charge is 0.271 e. The first-order valence-corrected chi connectivity index (χ1v) is 8.16. The number of fused-ring (bicyclic) bond motifs is 1. The number of benzene rings is 1. The lowest BCUT2D eigenvalue weighted by Crippen LogP contribution is -2.15. The highest BCUT2D eigenvalue weighted by Crippen LogP contribution is 2.46. The summed E-state index contributed by atoms with van der Waals surface area (Å²) in [5.74, 6) is 0.142. The Morgan fingerprint density at radius 2 is 2.14 bits per heavy atom. The molecule has 0 radical (unpaired) electrons. The molecular formula is C15H15ClFN3OS. The van der Waals surface area contributed by atoms with E-state index < -0.39 is 11.1 Å². The summed E-state index contributed by atoms with van der Waals surface area (Å²) < 4.78 is 16.0. The molecule has 0 spiro atoms. The lowest BCUT2D eigenvalue weighted by molar-refractivity contribution is 0.533. The van der Waals surface area contributed by atoms with Gasteiger partial charge in [-0.05, 0) is 32.9 Å². The number of halogens is 2. The predicted molar refractivity (Wildman–Crippen MR) is 89.1 cm³/mol. The molecule has 0 fully saturated rings. The molecule has 0 saturated heterocycles. The predicted octanol–water partition coefficient (Wildman–Crippen LogP) is 4.44. The summed E-state index contributed by atoms with van der Waals surface area (Å²) in [6.45, 7) is 5.75. The van der Waals surface area contributed by atoms with Gasteiger partial charge in [-0.1, -0.05) is 29.4 Å². The zero-order valence-corrected chi connectivity index (χ0v) is 13.9. The average Bonchev–Trinajstić information content (AvgIpc) is 2.75. The van der Waals surface area contributed by atoms with Crippen LogP contribution < -0.4 is 5.56 Å². The van der Waals surface area contributed by atoms with Crippen LogP contribution in [0, 0.1) is 5.82 Å². The third-order valence-electron chi connectivity index (χ3n) is 3.53. The smallest absolute Gasteiger partial charge is 0.268 e. The molecule has 22 heavy (non-hydrogen) atoms. The Hall–Kier alpha value is -1.53. The van der Waals surface area contributed by atoms with Crippen molar-refractivity contribution in [1.82, 2.24) is 9.78 Å². The Kier molecular flexibility index (Phi) is 3.91. The van der Waals surface area contributed by atoms with E-state index in [0.29, 0.717) is 22.0 Å². The molecular weight excluding hydrogens is 325 g/mol. The summed E-state index contributed by atoms with van der Waals surface area (Å²) in [4.78, 5) is 16.8. The highest BCUT2D eigenvalue weighted by molar-refractivity contribution is 8.14. The van der Waals surface area contributed by atoms with Crippen LogP contribution in [0.2, 0.25) is 5.02 Å². The molecule has 2 aromatic rings. The average molecular weight is 340 g/mol. The molecule has 1 atom stereocenters. The van der Waals surface area contributed by atoms with E-state index in [2.05, 4.69) is 10.1 Å². The normalized spacial score (nSPS) is 17.5. The molecule has 0 unspecified atom stereocenters. The van der Waals surface area contributed by atoms with Crippen molar-refractivity contribution in [2.24, 2.45) is 4.99 Å². The van der Waals surface area contributed by atoms with Crippen molar-refractivity contribution in [2.75, 3.05) is 0 Å². The molecule has 0 amide bonds. The highest BCUT2D eigenvalue weighted by Gasteiger charge is 2.33.